The fourth-order valence-corrected chi connectivity index (χ4v) is 1.29. The molecule has 0 aromatic heterocycles. The van der Waals surface area contributed by atoms with E-state index in [4.69, 9.17) is 0 Å². The van der Waals surface area contributed by atoms with Crippen LogP contribution in [0.4, 0.5) is 0 Å². The molecule has 1 aliphatic heterocycles. The maximum absolute atomic E-state index is 11.1. The molecule has 0 spiro atoms. The molecular weight excluding hydrogens is 144 g/mol. The molecule has 0 aromatic rings. The molecule has 1 saturated heterocycles. The number of amides is 2. The Labute approximate surface area is 65.3 Å². The second-order valence-corrected chi connectivity index (χ2v) is 2.65. The fraction of sp³-hybridized carbons (Fsp3) is 0.714. The maximum Gasteiger partial charge on any atom is 0.278 e. The van der Waals surface area contributed by atoms with Crippen LogP contribution in [0.1, 0.15) is 26.7 Å². The third kappa shape index (κ3) is 0.895. The highest BCUT2D eigenvalue weighted by Gasteiger charge is 2.48. The van der Waals surface area contributed by atoms with Gasteiger partial charge in [0.2, 0.25) is 0 Å². The fourth-order valence-electron chi connectivity index (χ4n) is 1.29. The van der Waals surface area contributed by atoms with Crippen molar-refractivity contribution in [1.29, 1.82) is 0 Å². The van der Waals surface area contributed by atoms with Gasteiger partial charge in [0.15, 0.2) is 0 Å². The lowest BCUT2D eigenvalue weighted by molar-refractivity contribution is -0.136. The summed E-state index contributed by atoms with van der Waals surface area (Å²) in [5.41, 5.74) is 4.71. The summed E-state index contributed by atoms with van der Waals surface area (Å²) in [6.07, 6.45) is 1.05. The minimum Gasteiger partial charge on any atom is -0.272 e. The molecule has 4 nitrogen and oxygen atoms in total. The largest absolute Gasteiger partial charge is 0.278 e. The first-order valence-corrected chi connectivity index (χ1v) is 3.73. The molecular formula is C7H11N2O2. The van der Waals surface area contributed by atoms with Crippen LogP contribution in [0.2, 0.25) is 0 Å². The Morgan fingerprint density at radius 1 is 1.36 bits per heavy atom. The normalized spacial score (nSPS) is 21.3. The Bertz CT molecular complexity index is 179. The SMILES string of the molecule is CCC1(CC)C(=O)[N]NC1=O. The smallest absolute Gasteiger partial charge is 0.272 e. The molecule has 1 fully saturated rings. The highest BCUT2D eigenvalue weighted by atomic mass is 16.2. The van der Waals surface area contributed by atoms with Gasteiger partial charge in [-0.2, -0.15) is 0 Å². The van der Waals surface area contributed by atoms with Crippen LogP contribution in [0, 0.1) is 5.41 Å². The Hall–Kier alpha value is -1.06. The van der Waals surface area contributed by atoms with Crippen molar-refractivity contribution >= 4 is 11.8 Å². The van der Waals surface area contributed by atoms with Crippen molar-refractivity contribution in [3.63, 3.8) is 0 Å². The Balaban J connectivity index is 2.94. The van der Waals surface area contributed by atoms with Gasteiger partial charge in [-0.15, -0.1) is 5.43 Å². The minimum absolute atomic E-state index is 0.257. The van der Waals surface area contributed by atoms with Gasteiger partial charge >= 0.3 is 0 Å². The predicted molar refractivity (Wildman–Crippen MR) is 38.3 cm³/mol. The molecule has 0 aromatic carbocycles. The van der Waals surface area contributed by atoms with Crippen LogP contribution in [0.3, 0.4) is 0 Å². The topological polar surface area (TPSA) is 60.3 Å². The molecule has 0 saturated carbocycles. The molecule has 11 heavy (non-hydrogen) atoms. The van der Waals surface area contributed by atoms with Crippen LogP contribution in [-0.2, 0) is 9.59 Å². The van der Waals surface area contributed by atoms with Crippen molar-refractivity contribution in [2.24, 2.45) is 5.41 Å². The van der Waals surface area contributed by atoms with Crippen LogP contribution in [-0.4, -0.2) is 11.8 Å². The number of nitrogens with one attached hydrogen (secondary N) is 1. The van der Waals surface area contributed by atoms with E-state index in [0.29, 0.717) is 12.8 Å². The van der Waals surface area contributed by atoms with E-state index in [0.717, 1.165) is 0 Å². The standard InChI is InChI=1S/C7H11N2O2/c1-3-7(4-2)5(10)8-9-6(7)11/h3-4H2,1-2H3,(H,8,10). The van der Waals surface area contributed by atoms with Crippen LogP contribution in [0.15, 0.2) is 0 Å². The van der Waals surface area contributed by atoms with E-state index >= 15 is 0 Å². The Kier molecular flexibility index (Phi) is 1.85. The molecule has 0 aliphatic carbocycles. The second kappa shape index (κ2) is 2.53. The lowest BCUT2D eigenvalue weighted by Gasteiger charge is -2.16. The average molecular weight is 155 g/mol. The van der Waals surface area contributed by atoms with Crippen LogP contribution < -0.4 is 10.9 Å². The highest BCUT2D eigenvalue weighted by Crippen LogP contribution is 2.29. The van der Waals surface area contributed by atoms with Gasteiger partial charge in [-0.3, -0.25) is 9.59 Å². The lowest BCUT2D eigenvalue weighted by Crippen LogP contribution is -2.34. The number of hydrogen-bond donors (Lipinski definition) is 1. The zero-order chi connectivity index (χ0) is 8.48. The highest BCUT2D eigenvalue weighted by molar-refractivity contribution is 6.09. The van der Waals surface area contributed by atoms with Crippen molar-refractivity contribution in [3.05, 3.63) is 0 Å². The van der Waals surface area contributed by atoms with Gasteiger partial charge in [0.25, 0.3) is 11.8 Å². The number of nitrogens with zero attached hydrogens (tertiary/aromatic N) is 1. The summed E-state index contributed by atoms with van der Waals surface area (Å²) >= 11 is 0. The molecule has 1 heterocycles. The summed E-state index contributed by atoms with van der Waals surface area (Å²) in [5, 5.41) is 0. The van der Waals surface area contributed by atoms with Gasteiger partial charge in [0.1, 0.15) is 5.41 Å². The number of carbonyl (C=O) groups excluding carboxylic acids is 2. The molecule has 61 valence electrons. The Morgan fingerprint density at radius 2 is 1.91 bits per heavy atom. The summed E-state index contributed by atoms with van der Waals surface area (Å²) in [4.78, 5) is 22.3. The zero-order valence-electron chi connectivity index (χ0n) is 6.68. The van der Waals surface area contributed by atoms with Gasteiger partial charge in [0.05, 0.1) is 0 Å². The summed E-state index contributed by atoms with van der Waals surface area (Å²) in [5.74, 6) is -0.583. The van der Waals surface area contributed by atoms with E-state index in [9.17, 15) is 9.59 Å². The molecule has 0 bridgehead atoms. The monoisotopic (exact) mass is 155 g/mol. The molecule has 1 N–H and O–H groups in total. The molecule has 4 heteroatoms. The van der Waals surface area contributed by atoms with Crippen molar-refractivity contribution in [1.82, 2.24) is 10.9 Å². The van der Waals surface area contributed by atoms with E-state index < -0.39 is 5.41 Å². The van der Waals surface area contributed by atoms with Gasteiger partial charge in [0, 0.05) is 0 Å². The quantitative estimate of drug-likeness (QED) is 0.569. The summed E-state index contributed by atoms with van der Waals surface area (Å²) in [7, 11) is 0. The average Bonchev–Trinajstić information content (AvgIpc) is 2.29. The summed E-state index contributed by atoms with van der Waals surface area (Å²) in [6.45, 7) is 3.64. The molecule has 0 unspecified atom stereocenters. The van der Waals surface area contributed by atoms with E-state index in [1.807, 2.05) is 13.8 Å². The van der Waals surface area contributed by atoms with E-state index in [2.05, 4.69) is 10.9 Å². The van der Waals surface area contributed by atoms with Crippen molar-refractivity contribution < 1.29 is 9.59 Å². The number of hydrogen-bond acceptors (Lipinski definition) is 2. The maximum atomic E-state index is 11.1. The molecule has 1 radical (unpaired) electrons. The zero-order valence-corrected chi connectivity index (χ0v) is 6.68. The summed E-state index contributed by atoms with van der Waals surface area (Å²) < 4.78 is 0. The van der Waals surface area contributed by atoms with Crippen molar-refractivity contribution in [2.45, 2.75) is 26.7 Å². The third-order valence-electron chi connectivity index (χ3n) is 2.31. The summed E-state index contributed by atoms with van der Waals surface area (Å²) in [6, 6.07) is 0. The van der Waals surface area contributed by atoms with Crippen molar-refractivity contribution in [3.8, 4) is 0 Å². The minimum atomic E-state index is -0.861. The number of rotatable bonds is 2. The van der Waals surface area contributed by atoms with Crippen molar-refractivity contribution in [2.75, 3.05) is 0 Å². The first kappa shape index (κ1) is 8.04. The van der Waals surface area contributed by atoms with E-state index in [1.54, 1.807) is 0 Å². The second-order valence-electron chi connectivity index (χ2n) is 2.65. The van der Waals surface area contributed by atoms with Crippen LogP contribution >= 0.6 is 0 Å². The molecule has 0 atom stereocenters. The van der Waals surface area contributed by atoms with Gasteiger partial charge < -0.3 is 0 Å². The molecule has 2 amide bonds. The third-order valence-corrected chi connectivity index (χ3v) is 2.31. The Morgan fingerprint density at radius 3 is 2.09 bits per heavy atom. The molecule has 1 rings (SSSR count). The lowest BCUT2D eigenvalue weighted by atomic mass is 9.82. The first-order valence-electron chi connectivity index (χ1n) is 3.73. The van der Waals surface area contributed by atoms with Crippen LogP contribution in [0.5, 0.6) is 0 Å². The van der Waals surface area contributed by atoms with E-state index in [1.165, 1.54) is 0 Å². The van der Waals surface area contributed by atoms with Gasteiger partial charge in [-0.1, -0.05) is 13.8 Å². The van der Waals surface area contributed by atoms with E-state index in [-0.39, 0.29) is 11.8 Å². The number of carbonyl (C=O) groups is 2. The predicted octanol–water partition coefficient (Wildman–Crippen LogP) is -0.0314. The molecule has 1 aliphatic rings. The van der Waals surface area contributed by atoms with Gasteiger partial charge in [-0.05, 0) is 12.8 Å². The van der Waals surface area contributed by atoms with Crippen LogP contribution in [0.25, 0.3) is 0 Å². The van der Waals surface area contributed by atoms with Gasteiger partial charge in [-0.25, -0.2) is 5.43 Å². The first-order chi connectivity index (χ1) is 5.17.